The standard InChI is InChI=1S/C14H15F7O5S/c1-3-12(15,16)7-6(2)10(22)8(9(11(7)23)14(19,20)21)13(17,18)4-5-27(24,25)26/h22-23H,3-5H2,1-2H3,(H,24,25,26). The van der Waals surface area contributed by atoms with E-state index in [0.717, 1.165) is 6.92 Å². The topological polar surface area (TPSA) is 94.8 Å². The summed E-state index contributed by atoms with van der Waals surface area (Å²) in [7, 11) is -5.01. The number of rotatable bonds is 6. The van der Waals surface area contributed by atoms with Crippen LogP contribution in [0.5, 0.6) is 11.5 Å². The van der Waals surface area contributed by atoms with E-state index in [-0.39, 0.29) is 0 Å². The van der Waals surface area contributed by atoms with Gasteiger partial charge in [0, 0.05) is 18.4 Å². The molecular formula is C14H15F7O5S. The van der Waals surface area contributed by atoms with Crippen molar-refractivity contribution >= 4 is 10.1 Å². The lowest BCUT2D eigenvalue weighted by atomic mass is 9.88. The summed E-state index contributed by atoms with van der Waals surface area (Å²) in [5, 5.41) is 19.6. The Bertz CT molecular complexity index is 831. The molecule has 1 aromatic rings. The molecule has 1 aromatic carbocycles. The summed E-state index contributed by atoms with van der Waals surface area (Å²) in [6.07, 6.45) is -8.79. The predicted molar refractivity (Wildman–Crippen MR) is 78.6 cm³/mol. The van der Waals surface area contributed by atoms with Crippen molar-refractivity contribution in [3.05, 3.63) is 22.3 Å². The third-order valence-electron chi connectivity index (χ3n) is 3.82. The zero-order valence-corrected chi connectivity index (χ0v) is 14.6. The van der Waals surface area contributed by atoms with Crippen LogP contribution in [-0.4, -0.2) is 28.9 Å². The number of alkyl halides is 7. The normalized spacial score (nSPS) is 13.9. The van der Waals surface area contributed by atoms with Crippen molar-refractivity contribution in [2.75, 3.05) is 5.75 Å². The third-order valence-corrected chi connectivity index (χ3v) is 4.54. The van der Waals surface area contributed by atoms with Crippen molar-refractivity contribution in [3.63, 3.8) is 0 Å². The quantitative estimate of drug-likeness (QED) is 0.357. The fourth-order valence-corrected chi connectivity index (χ4v) is 3.00. The van der Waals surface area contributed by atoms with Gasteiger partial charge < -0.3 is 10.2 Å². The van der Waals surface area contributed by atoms with Gasteiger partial charge in [0.1, 0.15) is 17.1 Å². The van der Waals surface area contributed by atoms with Crippen LogP contribution >= 0.6 is 0 Å². The fourth-order valence-electron chi connectivity index (χ4n) is 2.48. The monoisotopic (exact) mass is 428 g/mol. The van der Waals surface area contributed by atoms with E-state index in [1.807, 2.05) is 0 Å². The van der Waals surface area contributed by atoms with Gasteiger partial charge in [0.05, 0.1) is 16.9 Å². The van der Waals surface area contributed by atoms with E-state index in [0.29, 0.717) is 6.92 Å². The first-order valence-corrected chi connectivity index (χ1v) is 8.85. The van der Waals surface area contributed by atoms with E-state index in [2.05, 4.69) is 0 Å². The van der Waals surface area contributed by atoms with Gasteiger partial charge in [-0.15, -0.1) is 0 Å². The first-order chi connectivity index (χ1) is 11.9. The highest BCUT2D eigenvalue weighted by molar-refractivity contribution is 7.85. The Balaban J connectivity index is 3.91. The predicted octanol–water partition coefficient (Wildman–Crippen LogP) is 4.30. The molecule has 3 N–H and O–H groups in total. The van der Waals surface area contributed by atoms with Crippen molar-refractivity contribution < 1.29 is 53.9 Å². The Hall–Kier alpha value is -1.76. The van der Waals surface area contributed by atoms with Crippen LogP contribution in [0.2, 0.25) is 0 Å². The molecule has 0 amide bonds. The second-order valence-corrected chi connectivity index (χ2v) is 7.32. The molecule has 0 spiro atoms. The van der Waals surface area contributed by atoms with Crippen LogP contribution in [0.15, 0.2) is 0 Å². The van der Waals surface area contributed by atoms with Crippen LogP contribution in [0.3, 0.4) is 0 Å². The SMILES string of the molecule is CCC(F)(F)c1c(C)c(O)c(C(F)(F)CCS(=O)(=O)O)c(C(F)(F)F)c1O. The Labute approximate surface area is 149 Å². The second kappa shape index (κ2) is 7.00. The molecule has 0 saturated carbocycles. The third kappa shape index (κ3) is 4.75. The average Bonchev–Trinajstić information content (AvgIpc) is 2.46. The molecule has 0 aliphatic carbocycles. The van der Waals surface area contributed by atoms with Crippen LogP contribution in [0.4, 0.5) is 30.7 Å². The van der Waals surface area contributed by atoms with Crippen LogP contribution in [0.1, 0.15) is 42.0 Å². The van der Waals surface area contributed by atoms with Gasteiger partial charge in [-0.25, -0.2) is 17.6 Å². The first-order valence-electron chi connectivity index (χ1n) is 7.24. The van der Waals surface area contributed by atoms with E-state index in [4.69, 9.17) is 4.55 Å². The first kappa shape index (κ1) is 23.3. The van der Waals surface area contributed by atoms with Gasteiger partial charge in [0.25, 0.3) is 22.0 Å². The lowest BCUT2D eigenvalue weighted by Crippen LogP contribution is -2.26. The Morgan fingerprint density at radius 3 is 1.70 bits per heavy atom. The minimum atomic E-state index is -5.79. The summed E-state index contributed by atoms with van der Waals surface area (Å²) in [5.74, 6) is -14.5. The number of benzene rings is 1. The summed E-state index contributed by atoms with van der Waals surface area (Å²) in [6.45, 7) is 1.47. The number of hydrogen-bond donors (Lipinski definition) is 3. The second-order valence-electron chi connectivity index (χ2n) is 5.74. The van der Waals surface area contributed by atoms with Crippen LogP contribution in [-0.2, 0) is 28.1 Å². The molecule has 0 unspecified atom stereocenters. The molecule has 0 aromatic heterocycles. The van der Waals surface area contributed by atoms with Crippen molar-refractivity contribution in [2.45, 2.75) is 44.7 Å². The maximum Gasteiger partial charge on any atom is 0.420 e. The summed E-state index contributed by atoms with van der Waals surface area (Å²) in [4.78, 5) is 0. The molecule has 0 aliphatic heterocycles. The maximum absolute atomic E-state index is 14.3. The Morgan fingerprint density at radius 1 is 0.852 bits per heavy atom. The van der Waals surface area contributed by atoms with Crippen LogP contribution in [0.25, 0.3) is 0 Å². The van der Waals surface area contributed by atoms with Crippen LogP contribution < -0.4 is 0 Å². The summed E-state index contributed by atoms with van der Waals surface area (Å²) in [5.41, 5.74) is -7.63. The molecule has 0 saturated heterocycles. The molecule has 1 rings (SSSR count). The highest BCUT2D eigenvalue weighted by Crippen LogP contribution is 2.55. The largest absolute Gasteiger partial charge is 0.507 e. The number of aromatic hydroxyl groups is 2. The molecule has 0 atom stereocenters. The van der Waals surface area contributed by atoms with Gasteiger partial charge in [-0.3, -0.25) is 4.55 Å². The zero-order valence-electron chi connectivity index (χ0n) is 13.8. The van der Waals surface area contributed by atoms with Crippen molar-refractivity contribution in [3.8, 4) is 11.5 Å². The van der Waals surface area contributed by atoms with Crippen molar-refractivity contribution in [1.29, 1.82) is 0 Å². The van der Waals surface area contributed by atoms with Gasteiger partial charge in [0.2, 0.25) is 0 Å². The molecule has 0 bridgehead atoms. The lowest BCUT2D eigenvalue weighted by molar-refractivity contribution is -0.144. The fraction of sp³-hybridized carbons (Fsp3) is 0.571. The molecule has 0 heterocycles. The van der Waals surface area contributed by atoms with E-state index < -0.39 is 80.5 Å². The van der Waals surface area contributed by atoms with E-state index in [1.54, 1.807) is 0 Å². The zero-order chi connectivity index (χ0) is 21.6. The minimum absolute atomic E-state index is 0.608. The summed E-state index contributed by atoms with van der Waals surface area (Å²) >= 11 is 0. The number of phenols is 2. The van der Waals surface area contributed by atoms with Gasteiger partial charge in [-0.2, -0.15) is 21.6 Å². The maximum atomic E-state index is 14.3. The molecular weight excluding hydrogens is 413 g/mol. The molecule has 13 heteroatoms. The van der Waals surface area contributed by atoms with Crippen molar-refractivity contribution in [1.82, 2.24) is 0 Å². The van der Waals surface area contributed by atoms with E-state index in [9.17, 15) is 49.4 Å². The Kier molecular flexibility index (Phi) is 6.04. The average molecular weight is 428 g/mol. The number of hydrogen-bond acceptors (Lipinski definition) is 4. The van der Waals surface area contributed by atoms with E-state index in [1.165, 1.54) is 0 Å². The molecule has 0 fully saturated rings. The van der Waals surface area contributed by atoms with Gasteiger partial charge in [0.15, 0.2) is 0 Å². The van der Waals surface area contributed by atoms with Gasteiger partial charge >= 0.3 is 6.18 Å². The number of halogens is 7. The molecule has 156 valence electrons. The highest BCUT2D eigenvalue weighted by atomic mass is 32.2. The summed E-state index contributed by atoms with van der Waals surface area (Å²) < 4.78 is 126. The molecule has 5 nitrogen and oxygen atoms in total. The van der Waals surface area contributed by atoms with Gasteiger partial charge in [-0.05, 0) is 6.92 Å². The van der Waals surface area contributed by atoms with Gasteiger partial charge in [-0.1, -0.05) is 6.92 Å². The van der Waals surface area contributed by atoms with E-state index >= 15 is 0 Å². The summed E-state index contributed by atoms with van der Waals surface area (Å²) in [6, 6.07) is 0. The smallest absolute Gasteiger partial charge is 0.420 e. The minimum Gasteiger partial charge on any atom is -0.507 e. The van der Waals surface area contributed by atoms with Crippen molar-refractivity contribution in [2.24, 2.45) is 0 Å². The molecule has 0 aliphatic rings. The molecule has 0 radical (unpaired) electrons. The molecule has 27 heavy (non-hydrogen) atoms. The van der Waals surface area contributed by atoms with Crippen LogP contribution in [0, 0.1) is 6.92 Å². The number of phenolic OH excluding ortho intramolecular Hbond substituents is 2. The highest BCUT2D eigenvalue weighted by Gasteiger charge is 2.51. The Morgan fingerprint density at radius 2 is 1.33 bits per heavy atom. The lowest BCUT2D eigenvalue weighted by Gasteiger charge is -2.28.